The summed E-state index contributed by atoms with van der Waals surface area (Å²) in [6, 6.07) is 18.3. The fourth-order valence-corrected chi connectivity index (χ4v) is 4.36. The van der Waals surface area contributed by atoms with E-state index in [9.17, 15) is 0 Å². The zero-order chi connectivity index (χ0) is 18.6. The predicted molar refractivity (Wildman–Crippen MR) is 109 cm³/mol. The van der Waals surface area contributed by atoms with E-state index >= 15 is 0 Å². The standard InChI is InChI=1S/C25H28N/c1-16(2)18-10-11-22-21(14-18)20-13-17(3)19(15-23(20)25(22,4)5)24-9-7-8-12-26(24)6/h7-16H,1-6H3/q+1. The first-order valence-corrected chi connectivity index (χ1v) is 9.55. The molecule has 2 aromatic carbocycles. The summed E-state index contributed by atoms with van der Waals surface area (Å²) < 4.78 is 2.21. The van der Waals surface area contributed by atoms with Crippen molar-refractivity contribution in [2.24, 2.45) is 7.05 Å². The Hall–Kier alpha value is -2.41. The Balaban J connectivity index is 1.97. The molecule has 1 aliphatic carbocycles. The van der Waals surface area contributed by atoms with Gasteiger partial charge in [-0.1, -0.05) is 52.0 Å². The number of hydrogen-bond acceptors (Lipinski definition) is 0. The first kappa shape index (κ1) is 17.0. The van der Waals surface area contributed by atoms with Gasteiger partial charge in [0.05, 0.1) is 0 Å². The second-order valence-corrected chi connectivity index (χ2v) is 8.49. The third-order valence-corrected chi connectivity index (χ3v) is 6.04. The Morgan fingerprint density at radius 3 is 2.27 bits per heavy atom. The highest BCUT2D eigenvalue weighted by atomic mass is 14.9. The van der Waals surface area contributed by atoms with Crippen molar-refractivity contribution in [3.63, 3.8) is 0 Å². The summed E-state index contributed by atoms with van der Waals surface area (Å²) in [7, 11) is 2.12. The number of fused-ring (bicyclic) bond motifs is 3. The van der Waals surface area contributed by atoms with E-state index in [1.807, 2.05) is 0 Å². The lowest BCUT2D eigenvalue weighted by Gasteiger charge is -2.22. The van der Waals surface area contributed by atoms with E-state index in [1.165, 1.54) is 44.6 Å². The zero-order valence-corrected chi connectivity index (χ0v) is 16.7. The highest BCUT2D eigenvalue weighted by Gasteiger charge is 2.36. The van der Waals surface area contributed by atoms with E-state index in [2.05, 4.69) is 101 Å². The Morgan fingerprint density at radius 2 is 1.58 bits per heavy atom. The van der Waals surface area contributed by atoms with Crippen LogP contribution in [0, 0.1) is 6.92 Å². The Bertz CT molecular complexity index is 1010. The van der Waals surface area contributed by atoms with Crippen molar-refractivity contribution >= 4 is 0 Å². The van der Waals surface area contributed by atoms with Gasteiger partial charge in [-0.25, -0.2) is 4.57 Å². The van der Waals surface area contributed by atoms with Crippen LogP contribution in [0.3, 0.4) is 0 Å². The fourth-order valence-electron chi connectivity index (χ4n) is 4.36. The molecule has 0 fully saturated rings. The minimum Gasteiger partial charge on any atom is -0.201 e. The highest BCUT2D eigenvalue weighted by molar-refractivity contribution is 5.84. The smallest absolute Gasteiger partial charge is 0.201 e. The number of nitrogens with zero attached hydrogens (tertiary/aromatic N) is 1. The number of pyridine rings is 1. The van der Waals surface area contributed by atoms with Gasteiger partial charge in [0.25, 0.3) is 0 Å². The molecule has 0 aliphatic heterocycles. The van der Waals surface area contributed by atoms with E-state index in [0.29, 0.717) is 5.92 Å². The zero-order valence-electron chi connectivity index (χ0n) is 16.7. The van der Waals surface area contributed by atoms with Crippen molar-refractivity contribution in [3.05, 3.63) is 77.0 Å². The third-order valence-electron chi connectivity index (χ3n) is 6.04. The molecule has 0 spiro atoms. The Morgan fingerprint density at radius 1 is 0.846 bits per heavy atom. The van der Waals surface area contributed by atoms with E-state index < -0.39 is 0 Å². The molecule has 0 radical (unpaired) electrons. The summed E-state index contributed by atoms with van der Waals surface area (Å²) in [6.07, 6.45) is 2.12. The molecule has 26 heavy (non-hydrogen) atoms. The highest BCUT2D eigenvalue weighted by Crippen LogP contribution is 2.50. The van der Waals surface area contributed by atoms with E-state index in [0.717, 1.165) is 0 Å². The molecular weight excluding hydrogens is 314 g/mol. The van der Waals surface area contributed by atoms with Crippen molar-refractivity contribution in [2.45, 2.75) is 46.0 Å². The largest absolute Gasteiger partial charge is 0.212 e. The maximum absolute atomic E-state index is 2.43. The third kappa shape index (κ3) is 2.41. The van der Waals surface area contributed by atoms with Crippen LogP contribution >= 0.6 is 0 Å². The summed E-state index contributed by atoms with van der Waals surface area (Å²) in [5.74, 6) is 0.552. The van der Waals surface area contributed by atoms with Crippen LogP contribution in [0.5, 0.6) is 0 Å². The average molecular weight is 343 g/mol. The van der Waals surface area contributed by atoms with Crippen LogP contribution in [-0.4, -0.2) is 0 Å². The minimum atomic E-state index is 0.0377. The second kappa shape index (κ2) is 5.81. The van der Waals surface area contributed by atoms with Crippen LogP contribution in [-0.2, 0) is 12.5 Å². The van der Waals surface area contributed by atoms with Gasteiger partial charge in [-0.05, 0) is 58.4 Å². The van der Waals surface area contributed by atoms with E-state index in [1.54, 1.807) is 0 Å². The molecule has 4 rings (SSSR count). The van der Waals surface area contributed by atoms with Gasteiger partial charge in [0.2, 0.25) is 5.69 Å². The average Bonchev–Trinajstić information content (AvgIpc) is 2.82. The molecule has 0 saturated carbocycles. The minimum absolute atomic E-state index is 0.0377. The molecule has 0 bridgehead atoms. The first-order valence-electron chi connectivity index (χ1n) is 9.55. The molecule has 0 unspecified atom stereocenters. The van der Waals surface area contributed by atoms with Crippen molar-refractivity contribution in [3.8, 4) is 22.4 Å². The Labute approximate surface area is 157 Å². The van der Waals surface area contributed by atoms with Gasteiger partial charge in [0, 0.05) is 23.1 Å². The molecular formula is C25H28N+. The van der Waals surface area contributed by atoms with Gasteiger partial charge in [0.15, 0.2) is 6.20 Å². The van der Waals surface area contributed by atoms with Crippen LogP contribution in [0.25, 0.3) is 22.4 Å². The normalized spacial score (nSPS) is 14.4. The SMILES string of the molecule is Cc1cc2c(cc1-c1cccc[n+]1C)C(C)(C)c1ccc(C(C)C)cc1-2. The molecule has 0 saturated heterocycles. The van der Waals surface area contributed by atoms with Gasteiger partial charge in [-0.3, -0.25) is 0 Å². The first-order chi connectivity index (χ1) is 12.3. The van der Waals surface area contributed by atoms with Crippen molar-refractivity contribution in [1.82, 2.24) is 0 Å². The Kier molecular flexibility index (Phi) is 3.80. The summed E-state index contributed by atoms with van der Waals surface area (Å²) >= 11 is 0. The number of aromatic nitrogens is 1. The van der Waals surface area contributed by atoms with Gasteiger partial charge in [-0.2, -0.15) is 0 Å². The lowest BCUT2D eigenvalue weighted by molar-refractivity contribution is -0.660. The molecule has 132 valence electrons. The molecule has 0 N–H and O–H groups in total. The summed E-state index contributed by atoms with van der Waals surface area (Å²) in [4.78, 5) is 0. The molecule has 1 heteroatoms. The number of hydrogen-bond donors (Lipinski definition) is 0. The van der Waals surface area contributed by atoms with Crippen molar-refractivity contribution in [1.29, 1.82) is 0 Å². The van der Waals surface area contributed by atoms with Crippen molar-refractivity contribution in [2.75, 3.05) is 0 Å². The fraction of sp³-hybridized carbons (Fsp3) is 0.320. The molecule has 1 heterocycles. The molecule has 1 aromatic heterocycles. The monoisotopic (exact) mass is 342 g/mol. The van der Waals surface area contributed by atoms with Crippen LogP contribution in [0.1, 0.15) is 55.9 Å². The molecule has 3 aromatic rings. The molecule has 0 atom stereocenters. The van der Waals surface area contributed by atoms with Gasteiger partial charge in [-0.15, -0.1) is 0 Å². The second-order valence-electron chi connectivity index (χ2n) is 8.49. The molecule has 1 nitrogen and oxygen atoms in total. The summed E-state index contributed by atoms with van der Waals surface area (Å²) in [5, 5.41) is 0. The van der Waals surface area contributed by atoms with Crippen LogP contribution in [0.15, 0.2) is 54.7 Å². The lowest BCUT2D eigenvalue weighted by Crippen LogP contribution is -2.30. The van der Waals surface area contributed by atoms with Crippen LogP contribution in [0.4, 0.5) is 0 Å². The summed E-state index contributed by atoms with van der Waals surface area (Å²) in [6.45, 7) is 11.5. The molecule has 1 aliphatic rings. The summed E-state index contributed by atoms with van der Waals surface area (Å²) in [5.41, 5.74) is 11.1. The number of aryl methyl sites for hydroxylation is 2. The predicted octanol–water partition coefficient (Wildman–Crippen LogP) is 5.92. The quantitative estimate of drug-likeness (QED) is 0.509. The number of benzene rings is 2. The van der Waals surface area contributed by atoms with Crippen molar-refractivity contribution < 1.29 is 4.57 Å². The van der Waals surface area contributed by atoms with Crippen LogP contribution < -0.4 is 4.57 Å². The topological polar surface area (TPSA) is 3.88 Å². The number of rotatable bonds is 2. The maximum atomic E-state index is 2.43. The van der Waals surface area contributed by atoms with Gasteiger partial charge >= 0.3 is 0 Å². The van der Waals surface area contributed by atoms with E-state index in [4.69, 9.17) is 0 Å². The maximum Gasteiger partial charge on any atom is 0.212 e. The van der Waals surface area contributed by atoms with Gasteiger partial charge in [0.1, 0.15) is 7.05 Å². The van der Waals surface area contributed by atoms with Gasteiger partial charge < -0.3 is 0 Å². The van der Waals surface area contributed by atoms with Crippen LogP contribution in [0.2, 0.25) is 0 Å². The lowest BCUT2D eigenvalue weighted by atomic mass is 9.81. The molecule has 0 amide bonds. The van der Waals surface area contributed by atoms with E-state index in [-0.39, 0.29) is 5.41 Å².